The van der Waals surface area contributed by atoms with Crippen LogP contribution in [0.2, 0.25) is 0 Å². The van der Waals surface area contributed by atoms with Crippen LogP contribution in [0, 0.1) is 19.8 Å². The van der Waals surface area contributed by atoms with Gasteiger partial charge in [0.1, 0.15) is 0 Å². The van der Waals surface area contributed by atoms with E-state index in [1.165, 1.54) is 28.7 Å². The number of aryl methyl sites for hydroxylation is 2. The summed E-state index contributed by atoms with van der Waals surface area (Å²) in [5.74, 6) is 7.09. The van der Waals surface area contributed by atoms with Gasteiger partial charge in [0.05, 0.1) is 0 Å². The number of hydrogen-bond acceptors (Lipinski definition) is 2. The van der Waals surface area contributed by atoms with Gasteiger partial charge in [0.2, 0.25) is 0 Å². The molecule has 1 fully saturated rings. The van der Waals surface area contributed by atoms with Crippen molar-refractivity contribution in [3.8, 4) is 0 Å². The molecule has 3 unspecified atom stereocenters. The number of hydrogen-bond donors (Lipinski definition) is 2. The standard InChI is InChI=1S/C18H22N2/c1-12-8-9-13(2)15(10-12)18(20-19)17-11-16(17)14-6-4-3-5-7-14/h3-10,16-18,20H,11,19H2,1-2H3. The molecule has 1 aliphatic rings. The Balaban J connectivity index is 1.84. The molecule has 0 saturated heterocycles. The van der Waals surface area contributed by atoms with E-state index in [-0.39, 0.29) is 6.04 Å². The van der Waals surface area contributed by atoms with Gasteiger partial charge >= 0.3 is 0 Å². The number of nitrogens with one attached hydrogen (secondary N) is 1. The van der Waals surface area contributed by atoms with E-state index in [0.29, 0.717) is 11.8 Å². The summed E-state index contributed by atoms with van der Waals surface area (Å²) in [6.07, 6.45) is 1.21. The van der Waals surface area contributed by atoms with Gasteiger partial charge in [-0.2, -0.15) is 0 Å². The van der Waals surface area contributed by atoms with Crippen LogP contribution in [0.4, 0.5) is 0 Å². The smallest absolute Gasteiger partial charge is 0.0496 e. The van der Waals surface area contributed by atoms with Crippen LogP contribution in [0.3, 0.4) is 0 Å². The molecule has 0 aromatic heterocycles. The summed E-state index contributed by atoms with van der Waals surface area (Å²) in [5, 5.41) is 0. The molecule has 3 atom stereocenters. The Morgan fingerprint density at radius 1 is 1.10 bits per heavy atom. The third kappa shape index (κ3) is 2.49. The molecule has 0 heterocycles. The van der Waals surface area contributed by atoms with E-state index in [0.717, 1.165) is 0 Å². The number of rotatable bonds is 4. The molecule has 2 aromatic rings. The molecular weight excluding hydrogens is 244 g/mol. The van der Waals surface area contributed by atoms with Gasteiger partial charge in [-0.15, -0.1) is 0 Å². The molecule has 2 nitrogen and oxygen atoms in total. The highest BCUT2D eigenvalue weighted by Crippen LogP contribution is 2.54. The van der Waals surface area contributed by atoms with Crippen LogP contribution < -0.4 is 11.3 Å². The van der Waals surface area contributed by atoms with E-state index in [4.69, 9.17) is 5.84 Å². The summed E-state index contributed by atoms with van der Waals surface area (Å²) in [7, 11) is 0. The molecule has 0 spiro atoms. The SMILES string of the molecule is Cc1ccc(C)c(C(NN)C2CC2c2ccccc2)c1. The Morgan fingerprint density at radius 2 is 1.85 bits per heavy atom. The summed E-state index contributed by atoms with van der Waals surface area (Å²) in [5.41, 5.74) is 8.44. The van der Waals surface area contributed by atoms with E-state index in [9.17, 15) is 0 Å². The third-order valence-electron chi connectivity index (χ3n) is 4.45. The van der Waals surface area contributed by atoms with Crippen molar-refractivity contribution in [2.24, 2.45) is 11.8 Å². The molecule has 2 aromatic carbocycles. The molecule has 0 bridgehead atoms. The minimum atomic E-state index is 0.250. The first-order chi connectivity index (χ1) is 9.70. The van der Waals surface area contributed by atoms with Gasteiger partial charge in [-0.3, -0.25) is 11.3 Å². The highest BCUT2D eigenvalue weighted by Gasteiger charge is 2.44. The van der Waals surface area contributed by atoms with Crippen molar-refractivity contribution in [1.82, 2.24) is 5.43 Å². The maximum atomic E-state index is 5.85. The van der Waals surface area contributed by atoms with Crippen LogP contribution >= 0.6 is 0 Å². The van der Waals surface area contributed by atoms with E-state index in [1.807, 2.05) is 0 Å². The van der Waals surface area contributed by atoms with Gasteiger partial charge in [0, 0.05) is 6.04 Å². The predicted molar refractivity (Wildman–Crippen MR) is 83.3 cm³/mol. The monoisotopic (exact) mass is 266 g/mol. The van der Waals surface area contributed by atoms with Crippen molar-refractivity contribution in [2.45, 2.75) is 32.2 Å². The fourth-order valence-electron chi connectivity index (χ4n) is 3.21. The summed E-state index contributed by atoms with van der Waals surface area (Å²) in [6, 6.07) is 17.6. The fraction of sp³-hybridized carbons (Fsp3) is 0.333. The Kier molecular flexibility index (Phi) is 3.60. The summed E-state index contributed by atoms with van der Waals surface area (Å²) < 4.78 is 0. The molecule has 0 radical (unpaired) electrons. The van der Waals surface area contributed by atoms with E-state index >= 15 is 0 Å². The van der Waals surface area contributed by atoms with Crippen molar-refractivity contribution in [2.75, 3.05) is 0 Å². The summed E-state index contributed by atoms with van der Waals surface area (Å²) in [4.78, 5) is 0. The van der Waals surface area contributed by atoms with Crippen molar-refractivity contribution in [3.63, 3.8) is 0 Å². The van der Waals surface area contributed by atoms with Gasteiger partial charge < -0.3 is 0 Å². The average molecular weight is 266 g/mol. The van der Waals surface area contributed by atoms with Crippen molar-refractivity contribution >= 4 is 0 Å². The van der Waals surface area contributed by atoms with Crippen LogP contribution in [-0.2, 0) is 0 Å². The minimum absolute atomic E-state index is 0.250. The fourth-order valence-corrected chi connectivity index (χ4v) is 3.21. The van der Waals surface area contributed by atoms with E-state index < -0.39 is 0 Å². The molecule has 20 heavy (non-hydrogen) atoms. The molecular formula is C18H22N2. The number of nitrogens with two attached hydrogens (primary N) is 1. The van der Waals surface area contributed by atoms with Crippen molar-refractivity contribution in [1.29, 1.82) is 0 Å². The predicted octanol–water partition coefficient (Wildman–Crippen LogP) is 3.61. The first kappa shape index (κ1) is 13.3. The van der Waals surface area contributed by atoms with Crippen LogP contribution in [0.25, 0.3) is 0 Å². The third-order valence-corrected chi connectivity index (χ3v) is 4.45. The summed E-state index contributed by atoms with van der Waals surface area (Å²) in [6.45, 7) is 4.30. The second kappa shape index (κ2) is 5.39. The highest BCUT2D eigenvalue weighted by molar-refractivity contribution is 5.36. The quantitative estimate of drug-likeness (QED) is 0.655. The molecule has 2 heteroatoms. The van der Waals surface area contributed by atoms with Crippen LogP contribution in [-0.4, -0.2) is 0 Å². The van der Waals surface area contributed by atoms with Crippen LogP contribution in [0.5, 0.6) is 0 Å². The zero-order chi connectivity index (χ0) is 14.1. The topological polar surface area (TPSA) is 38.0 Å². The molecule has 1 aliphatic carbocycles. The highest BCUT2D eigenvalue weighted by atomic mass is 15.2. The van der Waals surface area contributed by atoms with Gasteiger partial charge in [-0.1, -0.05) is 54.1 Å². The zero-order valence-corrected chi connectivity index (χ0v) is 12.1. The lowest BCUT2D eigenvalue weighted by Gasteiger charge is -2.19. The second-order valence-electron chi connectivity index (χ2n) is 5.92. The average Bonchev–Trinajstić information content (AvgIpc) is 3.25. The molecule has 3 rings (SSSR count). The Hall–Kier alpha value is -1.64. The first-order valence-electron chi connectivity index (χ1n) is 7.29. The van der Waals surface area contributed by atoms with Crippen LogP contribution in [0.1, 0.15) is 40.6 Å². The Morgan fingerprint density at radius 3 is 2.55 bits per heavy atom. The molecule has 104 valence electrons. The normalized spacial score (nSPS) is 22.6. The lowest BCUT2D eigenvalue weighted by atomic mass is 9.94. The van der Waals surface area contributed by atoms with Gasteiger partial charge in [-0.05, 0) is 48.8 Å². The first-order valence-corrected chi connectivity index (χ1v) is 7.29. The largest absolute Gasteiger partial charge is 0.271 e. The Bertz CT molecular complexity index is 592. The van der Waals surface area contributed by atoms with Crippen molar-refractivity contribution in [3.05, 3.63) is 70.8 Å². The lowest BCUT2D eigenvalue weighted by molar-refractivity contribution is 0.485. The molecule has 1 saturated carbocycles. The minimum Gasteiger partial charge on any atom is -0.271 e. The lowest BCUT2D eigenvalue weighted by Crippen LogP contribution is -2.30. The van der Waals surface area contributed by atoms with Crippen molar-refractivity contribution < 1.29 is 0 Å². The number of benzene rings is 2. The Labute approximate surface area is 121 Å². The van der Waals surface area contributed by atoms with Gasteiger partial charge in [0.25, 0.3) is 0 Å². The molecule has 3 N–H and O–H groups in total. The zero-order valence-electron chi connectivity index (χ0n) is 12.1. The number of hydrazine groups is 1. The summed E-state index contributed by atoms with van der Waals surface area (Å²) >= 11 is 0. The molecule has 0 amide bonds. The van der Waals surface area contributed by atoms with Gasteiger partial charge in [-0.25, -0.2) is 0 Å². The van der Waals surface area contributed by atoms with E-state index in [1.54, 1.807) is 0 Å². The second-order valence-corrected chi connectivity index (χ2v) is 5.92. The molecule has 0 aliphatic heterocycles. The maximum Gasteiger partial charge on any atom is 0.0496 e. The van der Waals surface area contributed by atoms with Gasteiger partial charge in [0.15, 0.2) is 0 Å². The maximum absolute atomic E-state index is 5.85. The van der Waals surface area contributed by atoms with Crippen LogP contribution in [0.15, 0.2) is 48.5 Å². The van der Waals surface area contributed by atoms with E-state index in [2.05, 4.69) is 67.8 Å².